The van der Waals surface area contributed by atoms with Crippen LogP contribution < -0.4 is 4.74 Å². The summed E-state index contributed by atoms with van der Waals surface area (Å²) in [5.74, 6) is 0.533. The smallest absolute Gasteiger partial charge is 0.336 e. The van der Waals surface area contributed by atoms with Crippen LogP contribution in [-0.4, -0.2) is 23.4 Å². The van der Waals surface area contributed by atoms with Crippen LogP contribution in [0, 0.1) is 6.92 Å². The number of ether oxygens (including phenoxy) is 1. The van der Waals surface area contributed by atoms with Crippen LogP contribution in [0.15, 0.2) is 53.4 Å². The predicted octanol–water partition coefficient (Wildman–Crippen LogP) is 3.86. The molecule has 0 saturated heterocycles. The van der Waals surface area contributed by atoms with Crippen LogP contribution in [-0.2, 0) is 0 Å². The van der Waals surface area contributed by atoms with Gasteiger partial charge in [-0.15, -0.1) is 11.8 Å². The van der Waals surface area contributed by atoms with Gasteiger partial charge in [-0.05, 0) is 31.2 Å². The monoisotopic (exact) mass is 288 g/mol. The maximum Gasteiger partial charge on any atom is 0.336 e. The summed E-state index contributed by atoms with van der Waals surface area (Å²) in [5.41, 5.74) is 0.961. The number of hydrogen-bond donors (Lipinski definition) is 1. The largest absolute Gasteiger partial charge is 0.492 e. The first-order valence-electron chi connectivity index (χ1n) is 6.32. The van der Waals surface area contributed by atoms with E-state index < -0.39 is 5.97 Å². The van der Waals surface area contributed by atoms with Gasteiger partial charge in [0.05, 0.1) is 12.2 Å². The zero-order valence-corrected chi connectivity index (χ0v) is 12.0. The lowest BCUT2D eigenvalue weighted by Gasteiger charge is -2.10. The SMILES string of the molecule is Cc1c(OCCSc2ccccc2)cccc1C(=O)O. The van der Waals surface area contributed by atoms with Crippen LogP contribution in [0.2, 0.25) is 0 Å². The van der Waals surface area contributed by atoms with E-state index in [2.05, 4.69) is 12.1 Å². The van der Waals surface area contributed by atoms with Crippen LogP contribution in [0.3, 0.4) is 0 Å². The molecule has 0 unspecified atom stereocenters. The second kappa shape index (κ2) is 7.01. The minimum Gasteiger partial charge on any atom is -0.492 e. The quantitative estimate of drug-likeness (QED) is 0.647. The highest BCUT2D eigenvalue weighted by molar-refractivity contribution is 7.99. The van der Waals surface area contributed by atoms with E-state index in [-0.39, 0.29) is 0 Å². The number of carbonyl (C=O) groups is 1. The highest BCUT2D eigenvalue weighted by Crippen LogP contribution is 2.22. The Hall–Kier alpha value is -1.94. The van der Waals surface area contributed by atoms with Gasteiger partial charge in [-0.1, -0.05) is 24.3 Å². The molecule has 0 aliphatic carbocycles. The van der Waals surface area contributed by atoms with Gasteiger partial charge < -0.3 is 9.84 Å². The number of aromatic carboxylic acids is 1. The second-order valence-corrected chi connectivity index (χ2v) is 5.41. The zero-order chi connectivity index (χ0) is 14.4. The fraction of sp³-hybridized carbons (Fsp3) is 0.188. The van der Waals surface area contributed by atoms with Gasteiger partial charge in [0.15, 0.2) is 0 Å². The van der Waals surface area contributed by atoms with E-state index >= 15 is 0 Å². The molecule has 0 amide bonds. The highest BCUT2D eigenvalue weighted by Gasteiger charge is 2.10. The molecule has 2 rings (SSSR count). The molecule has 0 spiro atoms. The number of benzene rings is 2. The van der Waals surface area contributed by atoms with Crippen LogP contribution in [0.5, 0.6) is 5.75 Å². The van der Waals surface area contributed by atoms with Crippen LogP contribution >= 0.6 is 11.8 Å². The average molecular weight is 288 g/mol. The van der Waals surface area contributed by atoms with E-state index in [1.807, 2.05) is 18.2 Å². The van der Waals surface area contributed by atoms with Crippen molar-refractivity contribution in [2.24, 2.45) is 0 Å². The summed E-state index contributed by atoms with van der Waals surface area (Å²) in [5, 5.41) is 9.05. The number of hydrogen-bond acceptors (Lipinski definition) is 3. The van der Waals surface area contributed by atoms with Crippen LogP contribution in [0.4, 0.5) is 0 Å². The molecule has 0 aromatic heterocycles. The van der Waals surface area contributed by atoms with Gasteiger partial charge in [-0.3, -0.25) is 0 Å². The molecule has 0 fully saturated rings. The summed E-state index contributed by atoms with van der Waals surface area (Å²) in [4.78, 5) is 12.2. The third-order valence-corrected chi connectivity index (χ3v) is 3.84. The highest BCUT2D eigenvalue weighted by atomic mass is 32.2. The van der Waals surface area contributed by atoms with E-state index in [0.717, 1.165) is 5.75 Å². The molecule has 2 aromatic rings. The van der Waals surface area contributed by atoms with Crippen molar-refractivity contribution in [1.29, 1.82) is 0 Å². The molecule has 0 saturated carbocycles. The molecule has 0 atom stereocenters. The topological polar surface area (TPSA) is 46.5 Å². The first-order valence-corrected chi connectivity index (χ1v) is 7.30. The lowest BCUT2D eigenvalue weighted by molar-refractivity contribution is 0.0695. The first kappa shape index (κ1) is 14.5. The Morgan fingerprint density at radius 3 is 2.60 bits per heavy atom. The number of rotatable bonds is 6. The van der Waals surface area contributed by atoms with E-state index in [9.17, 15) is 4.79 Å². The van der Waals surface area contributed by atoms with Crippen LogP contribution in [0.1, 0.15) is 15.9 Å². The van der Waals surface area contributed by atoms with Crippen molar-refractivity contribution in [3.63, 3.8) is 0 Å². The van der Waals surface area contributed by atoms with Crippen molar-refractivity contribution in [2.75, 3.05) is 12.4 Å². The van der Waals surface area contributed by atoms with Crippen molar-refractivity contribution in [2.45, 2.75) is 11.8 Å². The summed E-state index contributed by atoms with van der Waals surface area (Å²) in [7, 11) is 0. The Balaban J connectivity index is 1.88. The van der Waals surface area contributed by atoms with Crippen molar-refractivity contribution in [3.05, 3.63) is 59.7 Å². The normalized spacial score (nSPS) is 10.2. The third-order valence-electron chi connectivity index (χ3n) is 2.87. The van der Waals surface area contributed by atoms with Gasteiger partial charge in [0.2, 0.25) is 0 Å². The van der Waals surface area contributed by atoms with E-state index in [1.165, 1.54) is 4.90 Å². The summed E-state index contributed by atoms with van der Waals surface area (Å²) < 4.78 is 5.67. The van der Waals surface area contributed by atoms with Crippen molar-refractivity contribution < 1.29 is 14.6 Å². The molecule has 104 valence electrons. The second-order valence-electron chi connectivity index (χ2n) is 4.24. The number of carboxylic acids is 1. The molecule has 0 radical (unpaired) electrons. The van der Waals surface area contributed by atoms with E-state index in [4.69, 9.17) is 9.84 Å². The molecule has 0 aliphatic rings. The maximum absolute atomic E-state index is 11.0. The van der Waals surface area contributed by atoms with Gasteiger partial charge in [0, 0.05) is 16.2 Å². The molecule has 1 N–H and O–H groups in total. The lowest BCUT2D eigenvalue weighted by Crippen LogP contribution is -2.05. The summed E-state index contributed by atoms with van der Waals surface area (Å²) in [6, 6.07) is 15.2. The standard InChI is InChI=1S/C16H16O3S/c1-12-14(16(17)18)8-5-9-15(12)19-10-11-20-13-6-3-2-4-7-13/h2-9H,10-11H2,1H3,(H,17,18). The Bertz CT molecular complexity index is 582. The van der Waals surface area contributed by atoms with Gasteiger partial charge >= 0.3 is 5.97 Å². The molecule has 3 nitrogen and oxygen atoms in total. The minimum absolute atomic E-state index is 0.290. The minimum atomic E-state index is -0.924. The zero-order valence-electron chi connectivity index (χ0n) is 11.2. The van der Waals surface area contributed by atoms with Gasteiger partial charge in [-0.25, -0.2) is 4.79 Å². The molecule has 2 aromatic carbocycles. The number of thioether (sulfide) groups is 1. The van der Waals surface area contributed by atoms with Gasteiger partial charge in [0.1, 0.15) is 5.75 Å². The predicted molar refractivity (Wildman–Crippen MR) is 80.8 cm³/mol. The summed E-state index contributed by atoms with van der Waals surface area (Å²) >= 11 is 1.71. The fourth-order valence-corrected chi connectivity index (χ4v) is 2.58. The lowest BCUT2D eigenvalue weighted by atomic mass is 10.1. The fourth-order valence-electron chi connectivity index (χ4n) is 1.83. The molecule has 0 heterocycles. The van der Waals surface area contributed by atoms with Crippen molar-refractivity contribution in [3.8, 4) is 5.75 Å². The average Bonchev–Trinajstić information content (AvgIpc) is 2.46. The molecule has 20 heavy (non-hydrogen) atoms. The third kappa shape index (κ3) is 3.78. The summed E-state index contributed by atoms with van der Waals surface area (Å²) in [6.45, 7) is 2.31. The molecular weight excluding hydrogens is 272 g/mol. The molecule has 0 bridgehead atoms. The van der Waals surface area contributed by atoms with Crippen LogP contribution in [0.25, 0.3) is 0 Å². The number of carboxylic acid groups (broad SMARTS) is 1. The Kier molecular flexibility index (Phi) is 5.07. The Morgan fingerprint density at radius 1 is 1.15 bits per heavy atom. The Labute approximate surface area is 122 Å². The molecular formula is C16H16O3S. The molecule has 4 heteroatoms. The molecule has 0 aliphatic heterocycles. The van der Waals surface area contributed by atoms with Crippen molar-refractivity contribution in [1.82, 2.24) is 0 Å². The van der Waals surface area contributed by atoms with E-state index in [0.29, 0.717) is 23.5 Å². The summed E-state index contributed by atoms with van der Waals surface area (Å²) in [6.07, 6.45) is 0. The van der Waals surface area contributed by atoms with E-state index in [1.54, 1.807) is 36.9 Å². The van der Waals surface area contributed by atoms with Gasteiger partial charge in [-0.2, -0.15) is 0 Å². The van der Waals surface area contributed by atoms with Crippen molar-refractivity contribution >= 4 is 17.7 Å². The van der Waals surface area contributed by atoms with Gasteiger partial charge in [0.25, 0.3) is 0 Å². The Morgan fingerprint density at radius 2 is 1.90 bits per heavy atom. The first-order chi connectivity index (χ1) is 9.68. The maximum atomic E-state index is 11.0.